The first-order valence-electron chi connectivity index (χ1n) is 8.20. The fourth-order valence-corrected chi connectivity index (χ4v) is 2.59. The molecule has 25 heavy (non-hydrogen) atoms. The topological polar surface area (TPSA) is 35.5 Å². The summed E-state index contributed by atoms with van der Waals surface area (Å²) in [7, 11) is 1.58. The van der Waals surface area contributed by atoms with Crippen molar-refractivity contribution in [3.63, 3.8) is 0 Å². The van der Waals surface area contributed by atoms with Gasteiger partial charge in [0.05, 0.1) is 12.2 Å². The molecule has 0 saturated carbocycles. The molecular formula is C22H20O3. The summed E-state index contributed by atoms with van der Waals surface area (Å²) in [5.41, 5.74) is 5.10. The third-order valence-corrected chi connectivity index (χ3v) is 3.97. The molecule has 0 aliphatic heterocycles. The maximum atomic E-state index is 11.9. The summed E-state index contributed by atoms with van der Waals surface area (Å²) in [5.74, 6) is -0.331. The van der Waals surface area contributed by atoms with Crippen molar-refractivity contribution in [1.82, 2.24) is 0 Å². The Morgan fingerprint density at radius 2 is 1.16 bits per heavy atom. The summed E-state index contributed by atoms with van der Waals surface area (Å²) in [6.45, 7) is 0.662. The van der Waals surface area contributed by atoms with Crippen molar-refractivity contribution in [1.29, 1.82) is 0 Å². The first-order chi connectivity index (χ1) is 12.3. The Labute approximate surface area is 147 Å². The van der Waals surface area contributed by atoms with E-state index >= 15 is 0 Å². The molecule has 0 saturated heterocycles. The van der Waals surface area contributed by atoms with Crippen molar-refractivity contribution in [2.24, 2.45) is 0 Å². The molecule has 0 heterocycles. The molecule has 0 radical (unpaired) electrons. The number of carbonyl (C=O) groups is 1. The van der Waals surface area contributed by atoms with Gasteiger partial charge in [-0.3, -0.25) is 0 Å². The molecule has 126 valence electrons. The normalized spacial score (nSPS) is 10.4. The highest BCUT2D eigenvalue weighted by Crippen LogP contribution is 2.25. The SMILES string of the molecule is COCCOC(=O)c1ccc(-c2ccc(-c3ccccc3)cc2)cc1. The molecule has 0 atom stereocenters. The Morgan fingerprint density at radius 3 is 1.68 bits per heavy atom. The number of carbonyl (C=O) groups excluding carboxylic acids is 1. The molecule has 0 fully saturated rings. The third-order valence-electron chi connectivity index (χ3n) is 3.97. The lowest BCUT2D eigenvalue weighted by molar-refractivity contribution is 0.0388. The molecule has 3 nitrogen and oxygen atoms in total. The average Bonchev–Trinajstić information content (AvgIpc) is 2.69. The monoisotopic (exact) mass is 332 g/mol. The molecule has 0 unspecified atom stereocenters. The molecule has 0 aromatic heterocycles. The molecule has 0 N–H and O–H groups in total. The zero-order valence-corrected chi connectivity index (χ0v) is 14.1. The number of benzene rings is 3. The Bertz CT molecular complexity index is 806. The molecule has 0 aliphatic rings. The standard InChI is InChI=1S/C22H20O3/c1-24-15-16-25-22(23)21-13-11-20(12-14-21)19-9-7-18(8-10-19)17-5-3-2-4-6-17/h2-14H,15-16H2,1H3. The van der Waals surface area contributed by atoms with E-state index in [1.807, 2.05) is 30.3 Å². The number of hydrogen-bond acceptors (Lipinski definition) is 3. The first-order valence-corrected chi connectivity index (χ1v) is 8.20. The van der Waals surface area contributed by atoms with E-state index in [0.717, 1.165) is 11.1 Å². The van der Waals surface area contributed by atoms with Crippen molar-refractivity contribution in [3.8, 4) is 22.3 Å². The van der Waals surface area contributed by atoms with Crippen LogP contribution in [0.15, 0.2) is 78.9 Å². The van der Waals surface area contributed by atoms with Crippen LogP contribution in [0.5, 0.6) is 0 Å². The van der Waals surface area contributed by atoms with Crippen molar-refractivity contribution in [3.05, 3.63) is 84.4 Å². The third kappa shape index (κ3) is 4.34. The average molecular weight is 332 g/mol. The quantitative estimate of drug-likeness (QED) is 0.479. The number of methoxy groups -OCH3 is 1. The maximum absolute atomic E-state index is 11.9. The summed E-state index contributed by atoms with van der Waals surface area (Å²) in [4.78, 5) is 11.9. The summed E-state index contributed by atoms with van der Waals surface area (Å²) < 4.78 is 9.98. The second kappa shape index (κ2) is 8.27. The van der Waals surface area contributed by atoms with Crippen LogP contribution in [0.3, 0.4) is 0 Å². The molecule has 0 aliphatic carbocycles. The van der Waals surface area contributed by atoms with Crippen LogP contribution in [0.4, 0.5) is 0 Å². The van der Waals surface area contributed by atoms with Gasteiger partial charge in [-0.05, 0) is 34.4 Å². The van der Waals surface area contributed by atoms with Gasteiger partial charge in [0.2, 0.25) is 0 Å². The van der Waals surface area contributed by atoms with E-state index in [4.69, 9.17) is 9.47 Å². The maximum Gasteiger partial charge on any atom is 0.338 e. The van der Waals surface area contributed by atoms with Gasteiger partial charge >= 0.3 is 5.97 Å². The van der Waals surface area contributed by atoms with Gasteiger partial charge in [0, 0.05) is 7.11 Å². The molecule has 3 aromatic rings. The van der Waals surface area contributed by atoms with Crippen LogP contribution >= 0.6 is 0 Å². The van der Waals surface area contributed by atoms with Gasteiger partial charge in [-0.25, -0.2) is 4.79 Å². The highest BCUT2D eigenvalue weighted by molar-refractivity contribution is 5.90. The van der Waals surface area contributed by atoms with Crippen molar-refractivity contribution < 1.29 is 14.3 Å². The number of esters is 1. The lowest BCUT2D eigenvalue weighted by Gasteiger charge is -2.07. The van der Waals surface area contributed by atoms with Gasteiger partial charge in [0.1, 0.15) is 6.61 Å². The van der Waals surface area contributed by atoms with Gasteiger partial charge in [-0.15, -0.1) is 0 Å². The molecular weight excluding hydrogens is 312 g/mol. The van der Waals surface area contributed by atoms with Crippen LogP contribution in [0.1, 0.15) is 10.4 Å². The highest BCUT2D eigenvalue weighted by Gasteiger charge is 2.07. The minimum absolute atomic E-state index is 0.262. The second-order valence-electron chi connectivity index (χ2n) is 5.65. The predicted molar refractivity (Wildman–Crippen MR) is 99.5 cm³/mol. The van der Waals surface area contributed by atoms with E-state index in [-0.39, 0.29) is 12.6 Å². The fraction of sp³-hybridized carbons (Fsp3) is 0.136. The molecule has 0 bridgehead atoms. The van der Waals surface area contributed by atoms with E-state index in [0.29, 0.717) is 12.2 Å². The molecule has 3 rings (SSSR count). The van der Waals surface area contributed by atoms with Crippen molar-refractivity contribution in [2.45, 2.75) is 0 Å². The minimum atomic E-state index is -0.331. The number of rotatable bonds is 6. The van der Waals surface area contributed by atoms with E-state index in [1.165, 1.54) is 11.1 Å². The van der Waals surface area contributed by atoms with Gasteiger partial charge in [-0.2, -0.15) is 0 Å². The number of hydrogen-bond donors (Lipinski definition) is 0. The fourth-order valence-electron chi connectivity index (χ4n) is 2.59. The smallest absolute Gasteiger partial charge is 0.338 e. The number of ether oxygens (including phenoxy) is 2. The Balaban J connectivity index is 1.71. The van der Waals surface area contributed by atoms with Crippen LogP contribution < -0.4 is 0 Å². The summed E-state index contributed by atoms with van der Waals surface area (Å²) in [6.07, 6.45) is 0. The van der Waals surface area contributed by atoms with Crippen molar-refractivity contribution in [2.75, 3.05) is 20.3 Å². The Hall–Kier alpha value is -2.91. The summed E-state index contributed by atoms with van der Waals surface area (Å²) >= 11 is 0. The van der Waals surface area contributed by atoms with Crippen LogP contribution in [-0.2, 0) is 9.47 Å². The molecule has 3 heteroatoms. The van der Waals surface area contributed by atoms with Crippen LogP contribution in [0.25, 0.3) is 22.3 Å². The van der Waals surface area contributed by atoms with Crippen LogP contribution in [0.2, 0.25) is 0 Å². The lowest BCUT2D eigenvalue weighted by Crippen LogP contribution is -2.09. The first kappa shape index (κ1) is 16.9. The van der Waals surface area contributed by atoms with Gasteiger partial charge in [0.25, 0.3) is 0 Å². The zero-order valence-electron chi connectivity index (χ0n) is 14.1. The van der Waals surface area contributed by atoms with Gasteiger partial charge in [-0.1, -0.05) is 66.7 Å². The van der Waals surface area contributed by atoms with Crippen LogP contribution in [-0.4, -0.2) is 26.3 Å². The summed E-state index contributed by atoms with van der Waals surface area (Å²) in [5, 5.41) is 0. The zero-order chi connectivity index (χ0) is 17.5. The van der Waals surface area contributed by atoms with Crippen LogP contribution in [0, 0.1) is 0 Å². The minimum Gasteiger partial charge on any atom is -0.460 e. The molecule has 0 amide bonds. The molecule has 0 spiro atoms. The van der Waals surface area contributed by atoms with E-state index in [9.17, 15) is 4.79 Å². The Kier molecular flexibility index (Phi) is 5.60. The predicted octanol–water partition coefficient (Wildman–Crippen LogP) is 4.82. The summed E-state index contributed by atoms with van der Waals surface area (Å²) in [6, 6.07) is 26.1. The van der Waals surface area contributed by atoms with Crippen molar-refractivity contribution >= 4 is 5.97 Å². The highest BCUT2D eigenvalue weighted by atomic mass is 16.6. The van der Waals surface area contributed by atoms with E-state index in [1.54, 1.807) is 19.2 Å². The molecule has 3 aromatic carbocycles. The van der Waals surface area contributed by atoms with E-state index < -0.39 is 0 Å². The van der Waals surface area contributed by atoms with Gasteiger partial charge < -0.3 is 9.47 Å². The van der Waals surface area contributed by atoms with Gasteiger partial charge in [0.15, 0.2) is 0 Å². The largest absolute Gasteiger partial charge is 0.460 e. The second-order valence-corrected chi connectivity index (χ2v) is 5.65. The van der Waals surface area contributed by atoms with E-state index in [2.05, 4.69) is 36.4 Å². The lowest BCUT2D eigenvalue weighted by atomic mass is 10.00. The Morgan fingerprint density at radius 1 is 0.680 bits per heavy atom.